The minimum Gasteiger partial charge on any atom is -0.478 e. The van der Waals surface area contributed by atoms with Crippen LogP contribution >= 0.6 is 0 Å². The van der Waals surface area contributed by atoms with Crippen molar-refractivity contribution in [1.29, 1.82) is 0 Å². The van der Waals surface area contributed by atoms with Gasteiger partial charge in [0.2, 0.25) is 0 Å². The molecule has 1 aromatic heterocycles. The first kappa shape index (κ1) is 12.6. The fourth-order valence-corrected chi connectivity index (χ4v) is 2.26. The van der Waals surface area contributed by atoms with E-state index in [0.717, 1.165) is 19.5 Å². The van der Waals surface area contributed by atoms with Crippen molar-refractivity contribution >= 4 is 17.5 Å². The molecule has 1 aromatic rings. The van der Waals surface area contributed by atoms with Gasteiger partial charge in [-0.1, -0.05) is 0 Å². The highest BCUT2D eigenvalue weighted by atomic mass is 16.4. The Labute approximate surface area is 106 Å². The molecule has 1 aliphatic heterocycles. The first-order valence-corrected chi connectivity index (χ1v) is 5.90. The quantitative estimate of drug-likeness (QED) is 0.813. The number of pyridine rings is 1. The molecule has 1 unspecified atom stereocenters. The number of nitrogen functional groups attached to an aromatic ring is 1. The maximum Gasteiger partial charge on any atom is 0.337 e. The van der Waals surface area contributed by atoms with Crippen molar-refractivity contribution in [2.24, 2.45) is 0 Å². The van der Waals surface area contributed by atoms with E-state index in [0.29, 0.717) is 11.9 Å². The maximum absolute atomic E-state index is 11.0. The van der Waals surface area contributed by atoms with Crippen molar-refractivity contribution in [3.05, 3.63) is 17.8 Å². The van der Waals surface area contributed by atoms with Gasteiger partial charge in [0.05, 0.1) is 11.3 Å². The lowest BCUT2D eigenvalue weighted by atomic mass is 10.2. The number of hydrogen-bond donors (Lipinski definition) is 2. The molecule has 0 amide bonds. The van der Waals surface area contributed by atoms with Gasteiger partial charge in [-0.2, -0.15) is 0 Å². The monoisotopic (exact) mass is 250 g/mol. The first-order valence-electron chi connectivity index (χ1n) is 5.90. The van der Waals surface area contributed by atoms with Gasteiger partial charge in [0, 0.05) is 25.3 Å². The van der Waals surface area contributed by atoms with Crippen LogP contribution in [0.2, 0.25) is 0 Å². The van der Waals surface area contributed by atoms with Gasteiger partial charge in [-0.15, -0.1) is 0 Å². The molecule has 0 saturated carbocycles. The number of anilines is 2. The highest BCUT2D eigenvalue weighted by Crippen LogP contribution is 2.27. The largest absolute Gasteiger partial charge is 0.478 e. The second kappa shape index (κ2) is 4.81. The van der Waals surface area contributed by atoms with Crippen LogP contribution in [-0.2, 0) is 0 Å². The van der Waals surface area contributed by atoms with E-state index in [1.165, 1.54) is 12.3 Å². The predicted molar refractivity (Wildman–Crippen MR) is 69.9 cm³/mol. The second-order valence-corrected chi connectivity index (χ2v) is 4.75. The standard InChI is InChI=1S/C12H18N4O2/c1-15(2)8-4-6-16(7-8)11-10(13)9(12(17)18)3-5-14-11/h3,5,8H,4,6-7,13H2,1-2H3,(H,17,18). The van der Waals surface area contributed by atoms with Crippen molar-refractivity contribution in [2.45, 2.75) is 12.5 Å². The minimum absolute atomic E-state index is 0.119. The first-order chi connectivity index (χ1) is 8.50. The highest BCUT2D eigenvalue weighted by molar-refractivity contribution is 5.96. The van der Waals surface area contributed by atoms with Crippen LogP contribution in [0.4, 0.5) is 11.5 Å². The van der Waals surface area contributed by atoms with Crippen LogP contribution in [0, 0.1) is 0 Å². The van der Waals surface area contributed by atoms with Crippen molar-refractivity contribution in [3.8, 4) is 0 Å². The van der Waals surface area contributed by atoms with E-state index in [1.54, 1.807) is 0 Å². The van der Waals surface area contributed by atoms with Gasteiger partial charge in [-0.05, 0) is 26.6 Å². The topological polar surface area (TPSA) is 82.7 Å². The third-order valence-corrected chi connectivity index (χ3v) is 3.39. The summed E-state index contributed by atoms with van der Waals surface area (Å²) in [7, 11) is 4.08. The highest BCUT2D eigenvalue weighted by Gasteiger charge is 2.27. The van der Waals surface area contributed by atoms with E-state index < -0.39 is 5.97 Å². The molecule has 2 rings (SSSR count). The number of carboxylic acid groups (broad SMARTS) is 1. The molecule has 2 heterocycles. The summed E-state index contributed by atoms with van der Waals surface area (Å²) < 4.78 is 0. The Morgan fingerprint density at radius 3 is 2.89 bits per heavy atom. The van der Waals surface area contributed by atoms with Gasteiger partial charge in [0.25, 0.3) is 0 Å². The molecular weight excluding hydrogens is 232 g/mol. The zero-order valence-electron chi connectivity index (χ0n) is 10.6. The summed E-state index contributed by atoms with van der Waals surface area (Å²) in [5.74, 6) is -0.432. The average Bonchev–Trinajstić information content (AvgIpc) is 2.78. The van der Waals surface area contributed by atoms with E-state index in [9.17, 15) is 4.79 Å². The number of aromatic nitrogens is 1. The lowest BCUT2D eigenvalue weighted by molar-refractivity contribution is 0.0698. The lowest BCUT2D eigenvalue weighted by Gasteiger charge is -2.22. The molecule has 1 atom stereocenters. The molecule has 1 aliphatic rings. The Kier molecular flexibility index (Phi) is 3.38. The van der Waals surface area contributed by atoms with Crippen LogP contribution in [0.15, 0.2) is 12.3 Å². The van der Waals surface area contributed by atoms with E-state index >= 15 is 0 Å². The lowest BCUT2D eigenvalue weighted by Crippen LogP contribution is -2.32. The van der Waals surface area contributed by atoms with Gasteiger partial charge >= 0.3 is 5.97 Å². The summed E-state index contributed by atoms with van der Waals surface area (Å²) in [6.45, 7) is 1.68. The number of rotatable bonds is 3. The van der Waals surface area contributed by atoms with Crippen LogP contribution < -0.4 is 10.6 Å². The summed E-state index contributed by atoms with van der Waals surface area (Å²) in [4.78, 5) is 19.5. The fourth-order valence-electron chi connectivity index (χ4n) is 2.26. The summed E-state index contributed by atoms with van der Waals surface area (Å²) in [5.41, 5.74) is 6.26. The fraction of sp³-hybridized carbons (Fsp3) is 0.500. The SMILES string of the molecule is CN(C)C1CCN(c2nccc(C(=O)O)c2N)C1. The molecule has 6 nitrogen and oxygen atoms in total. The maximum atomic E-state index is 11.0. The van der Waals surface area contributed by atoms with Gasteiger partial charge in [0.1, 0.15) is 0 Å². The smallest absolute Gasteiger partial charge is 0.337 e. The van der Waals surface area contributed by atoms with Crippen LogP contribution in [-0.4, -0.2) is 54.2 Å². The predicted octanol–water partition coefficient (Wildman–Crippen LogP) is 0.502. The number of hydrogen-bond acceptors (Lipinski definition) is 5. The van der Waals surface area contributed by atoms with Crippen LogP contribution in [0.5, 0.6) is 0 Å². The van der Waals surface area contributed by atoms with E-state index in [2.05, 4.69) is 9.88 Å². The molecule has 1 saturated heterocycles. The van der Waals surface area contributed by atoms with Gasteiger partial charge in [0.15, 0.2) is 5.82 Å². The molecule has 98 valence electrons. The Balaban J connectivity index is 2.25. The molecule has 0 bridgehead atoms. The number of carboxylic acids is 1. The normalized spacial score (nSPS) is 19.5. The van der Waals surface area contributed by atoms with Crippen LogP contribution in [0.25, 0.3) is 0 Å². The molecule has 0 aliphatic carbocycles. The van der Waals surface area contributed by atoms with Crippen molar-refractivity contribution in [1.82, 2.24) is 9.88 Å². The molecule has 18 heavy (non-hydrogen) atoms. The van der Waals surface area contributed by atoms with E-state index in [1.807, 2.05) is 19.0 Å². The molecule has 0 aromatic carbocycles. The zero-order valence-corrected chi connectivity index (χ0v) is 10.6. The molecule has 1 fully saturated rings. The van der Waals surface area contributed by atoms with Crippen molar-refractivity contribution < 1.29 is 9.90 Å². The van der Waals surface area contributed by atoms with E-state index in [-0.39, 0.29) is 11.3 Å². The zero-order chi connectivity index (χ0) is 13.3. The Morgan fingerprint density at radius 1 is 1.61 bits per heavy atom. The van der Waals surface area contributed by atoms with Crippen molar-refractivity contribution in [2.75, 3.05) is 37.8 Å². The summed E-state index contributed by atoms with van der Waals surface area (Å²) in [5, 5.41) is 9.04. The molecule has 0 radical (unpaired) electrons. The number of likely N-dealkylation sites (N-methyl/N-ethyl adjacent to an activating group) is 1. The Bertz CT molecular complexity index is 461. The summed E-state index contributed by atoms with van der Waals surface area (Å²) >= 11 is 0. The number of nitrogens with two attached hydrogens (primary N) is 1. The summed E-state index contributed by atoms with van der Waals surface area (Å²) in [6, 6.07) is 1.89. The van der Waals surface area contributed by atoms with Gasteiger partial charge in [-0.25, -0.2) is 9.78 Å². The van der Waals surface area contributed by atoms with Gasteiger partial charge < -0.3 is 20.6 Å². The summed E-state index contributed by atoms with van der Waals surface area (Å²) in [6.07, 6.45) is 2.53. The second-order valence-electron chi connectivity index (χ2n) is 4.75. The Hall–Kier alpha value is -1.82. The molecule has 6 heteroatoms. The molecule has 0 spiro atoms. The van der Waals surface area contributed by atoms with Crippen LogP contribution in [0.1, 0.15) is 16.8 Å². The molecule has 3 N–H and O–H groups in total. The Morgan fingerprint density at radius 2 is 2.33 bits per heavy atom. The van der Waals surface area contributed by atoms with Crippen LogP contribution in [0.3, 0.4) is 0 Å². The third-order valence-electron chi connectivity index (χ3n) is 3.39. The van der Waals surface area contributed by atoms with E-state index in [4.69, 9.17) is 10.8 Å². The molecular formula is C12H18N4O2. The number of carbonyl (C=O) groups is 1. The van der Waals surface area contributed by atoms with Gasteiger partial charge in [-0.3, -0.25) is 0 Å². The average molecular weight is 250 g/mol. The minimum atomic E-state index is -1.01. The van der Waals surface area contributed by atoms with Crippen molar-refractivity contribution in [3.63, 3.8) is 0 Å². The number of aromatic carboxylic acids is 1. The number of nitrogens with zero attached hydrogens (tertiary/aromatic N) is 3. The third kappa shape index (κ3) is 2.24.